The summed E-state index contributed by atoms with van der Waals surface area (Å²) in [4.78, 5) is 24.0. The summed E-state index contributed by atoms with van der Waals surface area (Å²) in [5.41, 5.74) is 3.96. The Kier molecular flexibility index (Phi) is 9.35. The minimum Gasteiger partial charge on any atom is -0.477 e. The number of hydrogen-bond acceptors (Lipinski definition) is 6. The predicted molar refractivity (Wildman–Crippen MR) is 186 cm³/mol. The normalized spacial score (nSPS) is 22.2. The molecule has 258 valence electrons. The summed E-state index contributed by atoms with van der Waals surface area (Å²) in [5, 5.41) is 0. The second-order valence-corrected chi connectivity index (χ2v) is 17.3. The van der Waals surface area contributed by atoms with E-state index in [0.29, 0.717) is 18.7 Å². The number of carbonyl (C=O) groups is 1. The molecule has 0 radical (unpaired) electrons. The molecule has 3 aromatic rings. The molecular weight excluding hydrogens is 628 g/mol. The summed E-state index contributed by atoms with van der Waals surface area (Å²) in [7, 11) is -4.04. The molecular formula is C38H49FN4O4S. The Labute approximate surface area is 285 Å². The number of nitrogens with zero attached hydrogens (tertiary/aromatic N) is 3. The van der Waals surface area contributed by atoms with E-state index >= 15 is 0 Å². The van der Waals surface area contributed by atoms with Crippen molar-refractivity contribution in [2.45, 2.75) is 84.5 Å². The molecule has 3 aliphatic rings. The Hall–Kier alpha value is -3.53. The average Bonchev–Trinajstić information content (AvgIpc) is 3.02. The van der Waals surface area contributed by atoms with Crippen LogP contribution in [0.5, 0.6) is 5.88 Å². The summed E-state index contributed by atoms with van der Waals surface area (Å²) in [6.07, 6.45) is 4.46. The smallest absolute Gasteiger partial charge is 0.264 e. The van der Waals surface area contributed by atoms with Crippen molar-refractivity contribution in [2.75, 3.05) is 31.1 Å². The van der Waals surface area contributed by atoms with Gasteiger partial charge < -0.3 is 9.64 Å². The van der Waals surface area contributed by atoms with Crippen LogP contribution in [-0.2, 0) is 14.8 Å². The second-order valence-electron chi connectivity index (χ2n) is 15.6. The van der Waals surface area contributed by atoms with E-state index in [1.807, 2.05) is 70.7 Å². The molecule has 1 saturated heterocycles. The fourth-order valence-corrected chi connectivity index (χ4v) is 9.41. The average molecular weight is 677 g/mol. The Morgan fingerprint density at radius 3 is 2.38 bits per heavy atom. The molecule has 6 rings (SSSR count). The molecule has 8 nitrogen and oxygen atoms in total. The van der Waals surface area contributed by atoms with Crippen LogP contribution < -0.4 is 9.46 Å². The Morgan fingerprint density at radius 1 is 1.06 bits per heavy atom. The third-order valence-electron chi connectivity index (χ3n) is 10.9. The van der Waals surface area contributed by atoms with Crippen molar-refractivity contribution >= 4 is 21.9 Å². The van der Waals surface area contributed by atoms with E-state index in [4.69, 9.17) is 4.74 Å². The van der Waals surface area contributed by atoms with Crippen molar-refractivity contribution in [1.29, 1.82) is 0 Å². The number of likely N-dealkylation sites (tertiary alicyclic amines) is 1. The van der Waals surface area contributed by atoms with Gasteiger partial charge in [0.15, 0.2) is 0 Å². The summed E-state index contributed by atoms with van der Waals surface area (Å²) in [6, 6.07) is 14.9. The molecule has 3 heterocycles. The third-order valence-corrected chi connectivity index (χ3v) is 12.2. The van der Waals surface area contributed by atoms with Gasteiger partial charge in [-0.15, -0.1) is 0 Å². The van der Waals surface area contributed by atoms with Crippen LogP contribution in [0.3, 0.4) is 0 Å². The van der Waals surface area contributed by atoms with E-state index < -0.39 is 22.1 Å². The second kappa shape index (κ2) is 13.1. The monoisotopic (exact) mass is 676 g/mol. The van der Waals surface area contributed by atoms with Crippen LogP contribution in [0.15, 0.2) is 53.4 Å². The maximum Gasteiger partial charge on any atom is 0.264 e. The summed E-state index contributed by atoms with van der Waals surface area (Å²) >= 11 is 0. The number of aromatic nitrogens is 2. The minimum atomic E-state index is -4.04. The van der Waals surface area contributed by atoms with Gasteiger partial charge in [0.2, 0.25) is 17.7 Å². The van der Waals surface area contributed by atoms with Gasteiger partial charge in [-0.1, -0.05) is 58.0 Å². The van der Waals surface area contributed by atoms with E-state index in [-0.39, 0.29) is 51.7 Å². The van der Waals surface area contributed by atoms with Gasteiger partial charge in [0, 0.05) is 36.6 Å². The summed E-state index contributed by atoms with van der Waals surface area (Å²) in [5.74, 6) is 0.534. The van der Waals surface area contributed by atoms with Crippen molar-refractivity contribution in [1.82, 2.24) is 14.9 Å². The molecule has 1 amide bonds. The molecule has 48 heavy (non-hydrogen) atoms. The van der Waals surface area contributed by atoms with Gasteiger partial charge in [0.25, 0.3) is 10.0 Å². The number of carbonyl (C=O) groups excluding carboxylic acids is 1. The molecule has 1 N–H and O–H groups in total. The van der Waals surface area contributed by atoms with E-state index in [0.717, 1.165) is 61.0 Å². The zero-order valence-corrected chi connectivity index (χ0v) is 29.9. The van der Waals surface area contributed by atoms with Gasteiger partial charge in [0.1, 0.15) is 0 Å². The first-order chi connectivity index (χ1) is 22.7. The molecule has 1 aromatic heterocycles. The number of halogens is 1. The fourth-order valence-electron chi connectivity index (χ4n) is 8.42. The Balaban J connectivity index is 1.38. The highest BCUT2D eigenvalue weighted by Crippen LogP contribution is 2.59. The molecule has 2 atom stereocenters. The van der Waals surface area contributed by atoms with E-state index in [2.05, 4.69) is 14.7 Å². The van der Waals surface area contributed by atoms with Crippen LogP contribution in [0, 0.1) is 42.4 Å². The number of piperidine rings is 1. The highest BCUT2D eigenvalue weighted by molar-refractivity contribution is 7.92. The van der Waals surface area contributed by atoms with Gasteiger partial charge in [-0.3, -0.25) is 9.18 Å². The lowest BCUT2D eigenvalue weighted by molar-refractivity contribution is -0.139. The van der Waals surface area contributed by atoms with Crippen LogP contribution in [0.4, 0.5) is 10.3 Å². The highest BCUT2D eigenvalue weighted by Gasteiger charge is 2.51. The van der Waals surface area contributed by atoms with Gasteiger partial charge in [-0.25, -0.2) is 18.1 Å². The lowest BCUT2D eigenvalue weighted by atomic mass is 9.51. The molecule has 4 bridgehead atoms. The molecule has 1 unspecified atom stereocenters. The summed E-state index contributed by atoms with van der Waals surface area (Å²) in [6.45, 7) is 13.1. The number of anilines is 1. The maximum atomic E-state index is 14.5. The van der Waals surface area contributed by atoms with Crippen molar-refractivity contribution < 1.29 is 22.3 Å². The zero-order chi connectivity index (χ0) is 34.4. The lowest BCUT2D eigenvalue weighted by Crippen LogP contribution is -2.51. The molecule has 1 saturated carbocycles. The van der Waals surface area contributed by atoms with Crippen molar-refractivity contribution in [2.24, 2.45) is 28.6 Å². The Bertz CT molecular complexity index is 1760. The first-order valence-corrected chi connectivity index (χ1v) is 18.7. The number of benzene rings is 2. The molecule has 2 aromatic carbocycles. The SMILES string of the molecule is Cc1cccc(C)c1-c1cc2nc(n1)NS(=O)(=O)c1cccc(c1)C(C1CC3(CCN(C(=O)C(C)C)CC3)C1)[C@H](CC(C)(C)CF)CO2. The number of aryl methyl sites for hydroxylation is 2. The number of fused-ring (bicyclic) bond motifs is 4. The number of sulfonamides is 1. The van der Waals surface area contributed by atoms with Crippen LogP contribution in [0.2, 0.25) is 0 Å². The van der Waals surface area contributed by atoms with Gasteiger partial charge in [-0.05, 0) is 97.4 Å². The zero-order valence-electron chi connectivity index (χ0n) is 29.1. The third kappa shape index (κ3) is 6.96. The largest absolute Gasteiger partial charge is 0.477 e. The van der Waals surface area contributed by atoms with Crippen LogP contribution in [-0.4, -0.2) is 55.6 Å². The van der Waals surface area contributed by atoms with E-state index in [1.54, 1.807) is 24.3 Å². The maximum absolute atomic E-state index is 14.5. The molecule has 10 heteroatoms. The van der Waals surface area contributed by atoms with Crippen molar-refractivity contribution in [3.05, 3.63) is 65.2 Å². The van der Waals surface area contributed by atoms with Gasteiger partial charge in [-0.2, -0.15) is 4.98 Å². The molecule has 1 spiro atoms. The number of alkyl halides is 1. The number of nitrogens with one attached hydrogen (secondary N) is 1. The number of rotatable bonds is 6. The number of ether oxygens (including phenoxy) is 1. The first-order valence-electron chi connectivity index (χ1n) is 17.3. The summed E-state index contributed by atoms with van der Waals surface area (Å²) < 4.78 is 51.3. The van der Waals surface area contributed by atoms with Crippen LogP contribution in [0.1, 0.15) is 82.4 Å². The van der Waals surface area contributed by atoms with Crippen molar-refractivity contribution in [3.63, 3.8) is 0 Å². The van der Waals surface area contributed by atoms with Crippen LogP contribution >= 0.6 is 0 Å². The quantitative estimate of drug-likeness (QED) is 0.287. The predicted octanol–water partition coefficient (Wildman–Crippen LogP) is 7.71. The van der Waals surface area contributed by atoms with Crippen molar-refractivity contribution in [3.8, 4) is 17.1 Å². The highest BCUT2D eigenvalue weighted by atomic mass is 32.2. The van der Waals surface area contributed by atoms with Gasteiger partial charge >= 0.3 is 0 Å². The Morgan fingerprint density at radius 2 is 1.73 bits per heavy atom. The standard InChI is InChI=1S/C38H49FN4O4S/c1-24(2)35(44)43-15-13-38(14-16-43)20-28(21-38)34-27-11-8-12-30(17-27)48(45,46)42-36-40-31(33-25(3)9-7-10-26(33)4)18-32(41-36)47-22-29(34)19-37(5,6)23-39/h7-12,17-18,24,28-29,34H,13-16,19-23H2,1-6H3,(H,40,41,42)/t29-,34?/m1/s1. The van der Waals surface area contributed by atoms with E-state index in [1.165, 1.54) is 0 Å². The number of amides is 1. The van der Waals surface area contributed by atoms with Crippen LogP contribution in [0.25, 0.3) is 11.3 Å². The minimum absolute atomic E-state index is 0.00939. The van der Waals surface area contributed by atoms with E-state index in [9.17, 15) is 17.6 Å². The fraction of sp³-hybridized carbons (Fsp3) is 0.553. The lowest BCUT2D eigenvalue weighted by Gasteiger charge is -2.56. The topological polar surface area (TPSA) is 101 Å². The molecule has 2 aliphatic heterocycles. The first kappa shape index (κ1) is 34.3. The molecule has 2 fully saturated rings. The van der Waals surface area contributed by atoms with Gasteiger partial charge in [0.05, 0.1) is 23.9 Å². The molecule has 1 aliphatic carbocycles. The number of hydrogen-bond donors (Lipinski definition) is 1.